The number of nitrogens with one attached hydrogen (secondary N) is 3. The Bertz CT molecular complexity index is 2380. The van der Waals surface area contributed by atoms with Crippen molar-refractivity contribution in [2.24, 2.45) is 11.8 Å². The van der Waals surface area contributed by atoms with E-state index < -0.39 is 74.4 Å². The number of pyridine rings is 1. The Labute approximate surface area is 322 Å². The molecule has 8 rings (SSSR count). The third kappa shape index (κ3) is 7.21. The molecule has 0 radical (unpaired) electrons. The molecule has 14 nitrogen and oxygen atoms in total. The maximum Gasteiger partial charge on any atom is 0.274 e. The Hall–Kier alpha value is -5.38. The average molecular weight is 787 g/mol. The minimum atomic E-state index is -3.98. The number of carbonyl (C=O) groups excluding carboxylic acids is 4. The monoisotopic (exact) mass is 786 g/mol. The number of nitrogens with zero attached hydrogens (tertiary/aromatic N) is 3. The summed E-state index contributed by atoms with van der Waals surface area (Å²) >= 11 is 0. The summed E-state index contributed by atoms with van der Waals surface area (Å²) in [4.78, 5) is 62.2. The van der Waals surface area contributed by atoms with Crippen LogP contribution in [0, 0.1) is 24.6 Å². The molecule has 3 N–H and O–H groups in total. The van der Waals surface area contributed by atoms with Crippen molar-refractivity contribution in [3.8, 4) is 5.88 Å². The van der Waals surface area contributed by atoms with Crippen LogP contribution < -0.4 is 20.1 Å². The third-order valence-corrected chi connectivity index (χ3v) is 13.3. The van der Waals surface area contributed by atoms with Crippen molar-refractivity contribution in [2.45, 2.75) is 94.2 Å². The quantitative estimate of drug-likeness (QED) is 0.181. The fraction of sp³-hybridized carbons (Fsp3) is 0.450. The second-order valence-corrected chi connectivity index (χ2v) is 17.4. The summed E-state index contributed by atoms with van der Waals surface area (Å²) in [7, 11) is -3.98. The highest BCUT2D eigenvalue weighted by Crippen LogP contribution is 2.46. The summed E-state index contributed by atoms with van der Waals surface area (Å²) in [5.74, 6) is -3.42. The fourth-order valence-electron chi connectivity index (χ4n) is 8.06. The van der Waals surface area contributed by atoms with Crippen LogP contribution in [-0.4, -0.2) is 82.6 Å². The van der Waals surface area contributed by atoms with Crippen molar-refractivity contribution in [3.05, 3.63) is 78.0 Å². The van der Waals surface area contributed by atoms with Gasteiger partial charge in [0.2, 0.25) is 27.7 Å². The van der Waals surface area contributed by atoms with E-state index in [0.29, 0.717) is 35.9 Å². The van der Waals surface area contributed by atoms with Crippen molar-refractivity contribution in [1.82, 2.24) is 30.4 Å². The van der Waals surface area contributed by atoms with Gasteiger partial charge in [0, 0.05) is 23.8 Å². The van der Waals surface area contributed by atoms with Gasteiger partial charge in [0.15, 0.2) is 5.69 Å². The molecule has 2 aromatic heterocycles. The molecule has 2 aliphatic carbocycles. The highest BCUT2D eigenvalue weighted by Gasteiger charge is 2.62. The molecule has 1 saturated heterocycles. The first-order valence-corrected chi connectivity index (χ1v) is 20.6. The van der Waals surface area contributed by atoms with E-state index in [1.54, 1.807) is 38.1 Å². The summed E-state index contributed by atoms with van der Waals surface area (Å²) in [6.07, 6.45) is 6.40. The first kappa shape index (κ1) is 37.5. The van der Waals surface area contributed by atoms with E-state index >= 15 is 4.39 Å². The number of aromatic nitrogens is 2. The van der Waals surface area contributed by atoms with Crippen molar-refractivity contribution in [3.63, 3.8) is 0 Å². The zero-order valence-electron chi connectivity index (χ0n) is 31.0. The highest BCUT2D eigenvalue weighted by molar-refractivity contribution is 7.91. The van der Waals surface area contributed by atoms with Crippen molar-refractivity contribution in [2.75, 3.05) is 6.54 Å². The number of benzene rings is 2. The van der Waals surface area contributed by atoms with E-state index in [9.17, 15) is 27.6 Å². The summed E-state index contributed by atoms with van der Waals surface area (Å²) in [5, 5.41) is 10.2. The Kier molecular flexibility index (Phi) is 9.79. The lowest BCUT2D eigenvalue weighted by Gasteiger charge is -2.29. The topological polar surface area (TPSA) is 190 Å². The maximum absolute atomic E-state index is 15.5. The standard InChI is InChI=1S/C40H43FN6O8S/c1-22-17-33(22)56(52,53)46-39(51)40-20-24(40)11-6-4-3-5-7-16-30(42-35(48)31-18-23(2)55-45-31)38(50)47-21-25(19-32(47)36(49)44-40)54-37-34-27(13-10-14-28(34)41)26-12-8-9-15-29(26)43-37/h6,8-15,18,22,24-25,30,32-33H,3-5,7,16-17,19-21H2,1-2H3,(H,42,48)(H,44,49)(H,46,51)/b11-6-/t22?,24-,25-,30+,32+,33?,40-/m1/s1. The Morgan fingerprint density at radius 2 is 1.86 bits per heavy atom. The lowest BCUT2D eigenvalue weighted by molar-refractivity contribution is -0.141. The van der Waals surface area contributed by atoms with Crippen LogP contribution in [0.2, 0.25) is 0 Å². The van der Waals surface area contributed by atoms with Crippen LogP contribution in [0.25, 0.3) is 21.7 Å². The zero-order chi connectivity index (χ0) is 39.4. The molecule has 0 bridgehead atoms. The predicted octanol–water partition coefficient (Wildman–Crippen LogP) is 4.22. The Morgan fingerprint density at radius 1 is 1.07 bits per heavy atom. The molecule has 2 unspecified atom stereocenters. The number of rotatable bonds is 7. The van der Waals surface area contributed by atoms with Gasteiger partial charge >= 0.3 is 0 Å². The van der Waals surface area contributed by atoms with Crippen molar-refractivity contribution >= 4 is 55.3 Å². The molecule has 4 aliphatic rings. The maximum atomic E-state index is 15.5. The summed E-state index contributed by atoms with van der Waals surface area (Å²) in [6, 6.07) is 11.1. The molecule has 4 aromatic rings. The van der Waals surface area contributed by atoms with Gasteiger partial charge in [-0.2, -0.15) is 0 Å². The molecule has 4 amide bonds. The number of fused-ring (bicyclic) bond motifs is 5. The fourth-order valence-corrected chi connectivity index (χ4v) is 9.82. The minimum absolute atomic E-state index is 0.00666. The summed E-state index contributed by atoms with van der Waals surface area (Å²) < 4.78 is 55.4. The number of aryl methyl sites for hydroxylation is 1. The molecule has 3 fully saturated rings. The van der Waals surface area contributed by atoms with E-state index in [0.717, 1.165) is 18.2 Å². The van der Waals surface area contributed by atoms with Crippen LogP contribution in [0.3, 0.4) is 0 Å². The van der Waals surface area contributed by atoms with Crippen LogP contribution in [0.4, 0.5) is 4.39 Å². The SMILES string of the molecule is Cc1cc(C(=O)N[C@H]2CCCCC/C=C\[C@@H]3C[C@@]3(C(=O)NS(=O)(=O)C3CC3C)NC(=O)[C@@H]3C[C@@H](Oc4nc5ccccc5c5cccc(F)c45)CN3C2=O)no1. The number of allylic oxidation sites excluding steroid dienone is 1. The Morgan fingerprint density at radius 3 is 2.62 bits per heavy atom. The molecule has 0 spiro atoms. The molecule has 294 valence electrons. The second kappa shape index (κ2) is 14.6. The number of hydrogen-bond acceptors (Lipinski definition) is 10. The van der Waals surface area contributed by atoms with Gasteiger partial charge in [-0.15, -0.1) is 0 Å². The van der Waals surface area contributed by atoms with Crippen LogP contribution >= 0.6 is 0 Å². The predicted molar refractivity (Wildman–Crippen MR) is 202 cm³/mol. The first-order chi connectivity index (χ1) is 26.8. The summed E-state index contributed by atoms with van der Waals surface area (Å²) in [5.41, 5.74) is -1.01. The molecule has 2 aromatic carbocycles. The van der Waals surface area contributed by atoms with E-state index in [4.69, 9.17) is 9.26 Å². The normalized spacial score (nSPS) is 28.7. The van der Waals surface area contributed by atoms with Crippen LogP contribution in [0.1, 0.15) is 74.5 Å². The molecule has 2 saturated carbocycles. The van der Waals surface area contributed by atoms with Crippen LogP contribution in [0.15, 0.2) is 65.2 Å². The number of para-hydroxylation sites is 1. The number of sulfonamides is 1. The van der Waals surface area contributed by atoms with E-state index in [1.165, 1.54) is 17.0 Å². The van der Waals surface area contributed by atoms with Crippen molar-refractivity contribution in [1.29, 1.82) is 0 Å². The van der Waals surface area contributed by atoms with Crippen LogP contribution in [-0.2, 0) is 24.4 Å². The van der Waals surface area contributed by atoms with Gasteiger partial charge in [0.25, 0.3) is 11.8 Å². The zero-order valence-corrected chi connectivity index (χ0v) is 31.8. The smallest absolute Gasteiger partial charge is 0.274 e. The molecular weight excluding hydrogens is 744 g/mol. The van der Waals surface area contributed by atoms with E-state index in [2.05, 4.69) is 25.5 Å². The minimum Gasteiger partial charge on any atom is -0.472 e. The molecule has 7 atom stereocenters. The number of amides is 4. The van der Waals surface area contributed by atoms with Gasteiger partial charge in [-0.25, -0.2) is 17.8 Å². The van der Waals surface area contributed by atoms with Crippen molar-refractivity contribution < 1.29 is 41.2 Å². The lowest BCUT2D eigenvalue weighted by atomic mass is 10.0. The van der Waals surface area contributed by atoms with Gasteiger partial charge in [-0.05, 0) is 62.5 Å². The first-order valence-electron chi connectivity index (χ1n) is 19.1. The molecule has 2 aliphatic heterocycles. The van der Waals surface area contributed by atoms with Gasteiger partial charge < -0.3 is 24.8 Å². The number of carbonyl (C=O) groups is 4. The summed E-state index contributed by atoms with van der Waals surface area (Å²) in [6.45, 7) is 3.30. The van der Waals surface area contributed by atoms with Gasteiger partial charge in [-0.3, -0.25) is 23.9 Å². The molecule has 4 heterocycles. The van der Waals surface area contributed by atoms with Crippen LogP contribution in [0.5, 0.6) is 5.88 Å². The number of hydrogen-bond donors (Lipinski definition) is 3. The largest absolute Gasteiger partial charge is 0.472 e. The molecular formula is C40H43FN6O8S. The van der Waals surface area contributed by atoms with E-state index in [1.807, 2.05) is 24.3 Å². The van der Waals surface area contributed by atoms with Gasteiger partial charge in [0.05, 0.1) is 22.7 Å². The van der Waals surface area contributed by atoms with Gasteiger partial charge in [0.1, 0.15) is 35.3 Å². The number of halogens is 1. The number of ether oxygens (including phenoxy) is 1. The second-order valence-electron chi connectivity index (χ2n) is 15.5. The van der Waals surface area contributed by atoms with Gasteiger partial charge in [-0.1, -0.05) is 67.4 Å². The van der Waals surface area contributed by atoms with E-state index in [-0.39, 0.29) is 48.7 Å². The third-order valence-electron chi connectivity index (χ3n) is 11.4. The molecule has 16 heteroatoms. The average Bonchev–Trinajstić information content (AvgIpc) is 3.95. The highest BCUT2D eigenvalue weighted by atomic mass is 32.2. The molecule has 56 heavy (non-hydrogen) atoms. The lowest BCUT2D eigenvalue weighted by Crippen LogP contribution is -2.58. The Balaban J connectivity index is 1.13.